The molecule has 1 nitrogen and oxygen atoms in total. The van der Waals surface area contributed by atoms with Crippen LogP contribution in [0.4, 0.5) is 13.2 Å². The highest BCUT2D eigenvalue weighted by Crippen LogP contribution is 2.35. The molecule has 1 atom stereocenters. The van der Waals surface area contributed by atoms with Crippen molar-refractivity contribution in [2.45, 2.75) is 32.5 Å². The number of halogens is 3. The summed E-state index contributed by atoms with van der Waals surface area (Å²) in [5.41, 5.74) is -0.330. The highest BCUT2D eigenvalue weighted by molar-refractivity contribution is 5.33. The minimum Gasteiger partial charge on any atom is -0.309 e. The van der Waals surface area contributed by atoms with Crippen LogP contribution >= 0.6 is 0 Å². The summed E-state index contributed by atoms with van der Waals surface area (Å²) in [5, 5.41) is 3.04. The number of rotatable bonds is 4. The van der Waals surface area contributed by atoms with Gasteiger partial charge in [0, 0.05) is 12.5 Å². The Morgan fingerprint density at radius 1 is 1.28 bits per heavy atom. The van der Waals surface area contributed by atoms with E-state index >= 15 is 0 Å². The highest BCUT2D eigenvalue weighted by atomic mass is 19.4. The Labute approximate surface area is 105 Å². The van der Waals surface area contributed by atoms with Gasteiger partial charge in [-0.25, -0.2) is 0 Å². The third kappa shape index (κ3) is 3.78. The van der Waals surface area contributed by atoms with E-state index in [2.05, 4.69) is 17.2 Å². The lowest BCUT2D eigenvalue weighted by atomic mass is 9.97. The third-order valence-corrected chi connectivity index (χ3v) is 2.58. The molecule has 1 N–H and O–H groups in total. The molecule has 0 bridgehead atoms. The summed E-state index contributed by atoms with van der Waals surface area (Å²) in [4.78, 5) is 0. The van der Waals surface area contributed by atoms with Crippen molar-refractivity contribution in [2.75, 3.05) is 6.54 Å². The number of hydrogen-bond donors (Lipinski definition) is 1. The molecule has 0 radical (unpaired) electrons. The van der Waals surface area contributed by atoms with Crippen LogP contribution in [0.2, 0.25) is 0 Å². The molecule has 1 unspecified atom stereocenters. The summed E-state index contributed by atoms with van der Waals surface area (Å²) in [5.74, 6) is 5.54. The molecule has 18 heavy (non-hydrogen) atoms. The zero-order valence-electron chi connectivity index (χ0n) is 10.4. The van der Waals surface area contributed by atoms with Crippen LogP contribution in [0, 0.1) is 11.8 Å². The van der Waals surface area contributed by atoms with Crippen LogP contribution in [0.15, 0.2) is 24.3 Å². The van der Waals surface area contributed by atoms with E-state index in [9.17, 15) is 13.2 Å². The van der Waals surface area contributed by atoms with Crippen LogP contribution in [0.1, 0.15) is 37.4 Å². The van der Waals surface area contributed by atoms with E-state index in [1.54, 1.807) is 13.0 Å². The van der Waals surface area contributed by atoms with E-state index in [1.165, 1.54) is 12.1 Å². The SMILES string of the molecule is CC#CCC(NCC)c1ccccc1C(F)(F)F. The fraction of sp³-hybridized carbons (Fsp3) is 0.429. The largest absolute Gasteiger partial charge is 0.416 e. The van der Waals surface area contributed by atoms with Crippen molar-refractivity contribution in [3.05, 3.63) is 35.4 Å². The van der Waals surface area contributed by atoms with Crippen molar-refractivity contribution in [1.29, 1.82) is 0 Å². The van der Waals surface area contributed by atoms with Gasteiger partial charge in [0.05, 0.1) is 5.56 Å². The maximum absolute atomic E-state index is 12.9. The van der Waals surface area contributed by atoms with Gasteiger partial charge in [-0.05, 0) is 25.1 Å². The highest BCUT2D eigenvalue weighted by Gasteiger charge is 2.34. The Morgan fingerprint density at radius 2 is 1.94 bits per heavy atom. The Balaban J connectivity index is 3.13. The van der Waals surface area contributed by atoms with Crippen LogP contribution in [0.25, 0.3) is 0 Å². The second-order valence-corrected chi connectivity index (χ2v) is 3.83. The molecule has 0 saturated carbocycles. The van der Waals surface area contributed by atoms with Crippen LogP contribution < -0.4 is 5.32 Å². The summed E-state index contributed by atoms with van der Waals surface area (Å²) >= 11 is 0. The van der Waals surface area contributed by atoms with Gasteiger partial charge in [0.15, 0.2) is 0 Å². The average Bonchev–Trinajstić information content (AvgIpc) is 2.33. The molecule has 1 rings (SSSR count). The molecule has 0 fully saturated rings. The van der Waals surface area contributed by atoms with Gasteiger partial charge in [0.1, 0.15) is 0 Å². The normalized spacial score (nSPS) is 12.7. The van der Waals surface area contributed by atoms with E-state index in [-0.39, 0.29) is 11.6 Å². The predicted molar refractivity (Wildman–Crippen MR) is 65.9 cm³/mol. The van der Waals surface area contributed by atoms with E-state index in [0.717, 1.165) is 6.07 Å². The minimum atomic E-state index is -4.33. The minimum absolute atomic E-state index is 0.259. The van der Waals surface area contributed by atoms with Gasteiger partial charge in [0.2, 0.25) is 0 Å². The van der Waals surface area contributed by atoms with Crippen LogP contribution in [-0.4, -0.2) is 6.54 Å². The second-order valence-electron chi connectivity index (χ2n) is 3.83. The molecular weight excluding hydrogens is 239 g/mol. The Bertz CT molecular complexity index is 440. The molecule has 0 aliphatic carbocycles. The van der Waals surface area contributed by atoms with Gasteiger partial charge < -0.3 is 5.32 Å². The first-order valence-electron chi connectivity index (χ1n) is 5.79. The van der Waals surface area contributed by atoms with Crippen molar-refractivity contribution in [3.8, 4) is 11.8 Å². The molecular formula is C14H16F3N. The van der Waals surface area contributed by atoms with E-state index in [1.807, 2.05) is 6.92 Å². The van der Waals surface area contributed by atoms with Crippen molar-refractivity contribution in [1.82, 2.24) is 5.32 Å². The zero-order chi connectivity index (χ0) is 13.6. The molecule has 0 heterocycles. The maximum Gasteiger partial charge on any atom is 0.416 e. The Kier molecular flexibility index (Phi) is 5.24. The lowest BCUT2D eigenvalue weighted by molar-refractivity contribution is -0.138. The molecule has 0 aliphatic rings. The first kappa shape index (κ1) is 14.6. The average molecular weight is 255 g/mol. The van der Waals surface area contributed by atoms with E-state index in [0.29, 0.717) is 13.0 Å². The first-order valence-corrected chi connectivity index (χ1v) is 5.79. The first-order chi connectivity index (χ1) is 8.50. The van der Waals surface area contributed by atoms with Gasteiger partial charge in [-0.15, -0.1) is 11.8 Å². The predicted octanol–water partition coefficient (Wildman–Crippen LogP) is 3.77. The topological polar surface area (TPSA) is 12.0 Å². The molecule has 4 heteroatoms. The van der Waals surface area contributed by atoms with Crippen molar-refractivity contribution in [3.63, 3.8) is 0 Å². The summed E-state index contributed by atoms with van der Waals surface area (Å²) in [6.45, 7) is 4.14. The summed E-state index contributed by atoms with van der Waals surface area (Å²) < 4.78 is 38.7. The molecule has 1 aromatic carbocycles. The molecule has 0 spiro atoms. The number of nitrogens with one attached hydrogen (secondary N) is 1. The monoisotopic (exact) mass is 255 g/mol. The lowest BCUT2D eigenvalue weighted by Crippen LogP contribution is -2.23. The van der Waals surface area contributed by atoms with Crippen molar-refractivity contribution in [2.24, 2.45) is 0 Å². The van der Waals surface area contributed by atoms with Gasteiger partial charge in [0.25, 0.3) is 0 Å². The molecule has 1 aromatic rings. The third-order valence-electron chi connectivity index (χ3n) is 2.58. The summed E-state index contributed by atoms with van der Waals surface area (Å²) in [6.07, 6.45) is -3.96. The second kappa shape index (κ2) is 6.46. The lowest BCUT2D eigenvalue weighted by Gasteiger charge is -2.20. The number of alkyl halides is 3. The standard InChI is InChI=1S/C14H16F3N/c1-3-5-10-13(18-4-2)11-8-6-7-9-12(11)14(15,16)17/h6-9,13,18H,4,10H2,1-2H3. The van der Waals surface area contributed by atoms with Crippen LogP contribution in [0.5, 0.6) is 0 Å². The van der Waals surface area contributed by atoms with Gasteiger partial charge in [-0.2, -0.15) is 13.2 Å². The fourth-order valence-electron chi connectivity index (χ4n) is 1.80. The van der Waals surface area contributed by atoms with E-state index in [4.69, 9.17) is 0 Å². The molecule has 0 aliphatic heterocycles. The number of benzene rings is 1. The van der Waals surface area contributed by atoms with Crippen LogP contribution in [0.3, 0.4) is 0 Å². The molecule has 0 amide bonds. The van der Waals surface area contributed by atoms with Crippen molar-refractivity contribution >= 4 is 0 Å². The summed E-state index contributed by atoms with van der Waals surface area (Å²) in [6, 6.07) is 5.25. The number of hydrogen-bond acceptors (Lipinski definition) is 1. The quantitative estimate of drug-likeness (QED) is 0.807. The van der Waals surface area contributed by atoms with Crippen LogP contribution in [-0.2, 0) is 6.18 Å². The molecule has 0 aromatic heterocycles. The molecule has 0 saturated heterocycles. The van der Waals surface area contributed by atoms with Gasteiger partial charge in [-0.1, -0.05) is 25.1 Å². The van der Waals surface area contributed by atoms with Crippen molar-refractivity contribution < 1.29 is 13.2 Å². The fourth-order valence-corrected chi connectivity index (χ4v) is 1.80. The van der Waals surface area contributed by atoms with Gasteiger partial charge in [-0.3, -0.25) is 0 Å². The van der Waals surface area contributed by atoms with E-state index < -0.39 is 11.7 Å². The Hall–Kier alpha value is -1.47. The summed E-state index contributed by atoms with van der Waals surface area (Å²) in [7, 11) is 0. The maximum atomic E-state index is 12.9. The zero-order valence-corrected chi connectivity index (χ0v) is 10.4. The van der Waals surface area contributed by atoms with Gasteiger partial charge >= 0.3 is 6.18 Å². The smallest absolute Gasteiger partial charge is 0.309 e. The Morgan fingerprint density at radius 3 is 2.50 bits per heavy atom. The molecule has 98 valence electrons.